The zero-order valence-corrected chi connectivity index (χ0v) is 16.5. The molecule has 2 rings (SSSR count). The third-order valence-corrected chi connectivity index (χ3v) is 4.49. The predicted octanol–water partition coefficient (Wildman–Crippen LogP) is 3.17. The highest BCUT2D eigenvalue weighted by Gasteiger charge is 2.25. The zero-order chi connectivity index (χ0) is 19.2. The average molecular weight is 360 g/mol. The lowest BCUT2D eigenvalue weighted by Gasteiger charge is -2.33. The quantitative estimate of drug-likeness (QED) is 0.848. The number of amides is 2. The van der Waals surface area contributed by atoms with Crippen molar-refractivity contribution < 1.29 is 14.3 Å². The molecular formula is C21H32N2O3. The molecule has 144 valence electrons. The average Bonchev–Trinajstić information content (AvgIpc) is 2.55. The molecule has 1 aromatic carbocycles. The van der Waals surface area contributed by atoms with Gasteiger partial charge in [-0.1, -0.05) is 32.9 Å². The Labute approximate surface area is 157 Å². The van der Waals surface area contributed by atoms with E-state index in [1.54, 1.807) is 0 Å². The van der Waals surface area contributed by atoms with Gasteiger partial charge < -0.3 is 15.0 Å². The van der Waals surface area contributed by atoms with Crippen molar-refractivity contribution in [1.29, 1.82) is 0 Å². The number of nitrogens with one attached hydrogen (secondary N) is 1. The summed E-state index contributed by atoms with van der Waals surface area (Å²) in [4.78, 5) is 26.5. The van der Waals surface area contributed by atoms with Gasteiger partial charge in [0.2, 0.25) is 11.8 Å². The molecule has 1 aromatic rings. The van der Waals surface area contributed by atoms with Crippen LogP contribution in [0, 0.1) is 5.41 Å². The number of nitrogens with zero attached hydrogens (tertiary/aromatic N) is 1. The standard InChI is InChI=1S/C21H32N2O3/c1-5-26-18-8-6-16(7-9-18)14-20(25)23-12-10-17(11-13-23)22-19(24)15-21(2,3)4/h6-9,17H,5,10-15H2,1-4H3,(H,22,24). The zero-order valence-electron chi connectivity index (χ0n) is 16.5. The fraction of sp³-hybridized carbons (Fsp3) is 0.619. The van der Waals surface area contributed by atoms with Crippen LogP contribution in [0.1, 0.15) is 52.5 Å². The van der Waals surface area contributed by atoms with E-state index in [1.807, 2.05) is 36.1 Å². The molecular weight excluding hydrogens is 328 g/mol. The largest absolute Gasteiger partial charge is 0.494 e. The van der Waals surface area contributed by atoms with Crippen molar-refractivity contribution in [3.8, 4) is 5.75 Å². The van der Waals surface area contributed by atoms with Crippen LogP contribution in [0.25, 0.3) is 0 Å². The highest BCUT2D eigenvalue weighted by atomic mass is 16.5. The van der Waals surface area contributed by atoms with E-state index in [0.29, 0.717) is 32.5 Å². The Morgan fingerprint density at radius 3 is 2.31 bits per heavy atom. The van der Waals surface area contributed by atoms with Crippen molar-refractivity contribution in [2.45, 2.75) is 59.4 Å². The third kappa shape index (κ3) is 6.70. The summed E-state index contributed by atoms with van der Waals surface area (Å²) in [7, 11) is 0. The van der Waals surface area contributed by atoms with Crippen LogP contribution in [0.3, 0.4) is 0 Å². The van der Waals surface area contributed by atoms with Gasteiger partial charge >= 0.3 is 0 Å². The van der Waals surface area contributed by atoms with E-state index >= 15 is 0 Å². The molecule has 0 aromatic heterocycles. The second kappa shape index (κ2) is 9.06. The fourth-order valence-electron chi connectivity index (χ4n) is 3.19. The van der Waals surface area contributed by atoms with Crippen LogP contribution < -0.4 is 10.1 Å². The van der Waals surface area contributed by atoms with Gasteiger partial charge in [-0.15, -0.1) is 0 Å². The van der Waals surface area contributed by atoms with Gasteiger partial charge in [0.1, 0.15) is 5.75 Å². The molecule has 1 heterocycles. The van der Waals surface area contributed by atoms with Crippen molar-refractivity contribution in [3.63, 3.8) is 0 Å². The maximum absolute atomic E-state index is 12.5. The number of likely N-dealkylation sites (tertiary alicyclic amines) is 1. The second-order valence-electron chi connectivity index (χ2n) is 8.21. The lowest BCUT2D eigenvalue weighted by atomic mass is 9.91. The summed E-state index contributed by atoms with van der Waals surface area (Å²) < 4.78 is 5.43. The molecule has 1 fully saturated rings. The van der Waals surface area contributed by atoms with Gasteiger partial charge in [0.15, 0.2) is 0 Å². The Kier molecular flexibility index (Phi) is 7.06. The SMILES string of the molecule is CCOc1ccc(CC(=O)N2CCC(NC(=O)CC(C)(C)C)CC2)cc1. The van der Waals surface area contributed by atoms with Crippen molar-refractivity contribution in [2.24, 2.45) is 5.41 Å². The van der Waals surface area contributed by atoms with E-state index in [0.717, 1.165) is 24.2 Å². The van der Waals surface area contributed by atoms with Crippen molar-refractivity contribution in [3.05, 3.63) is 29.8 Å². The van der Waals surface area contributed by atoms with Crippen molar-refractivity contribution in [2.75, 3.05) is 19.7 Å². The van der Waals surface area contributed by atoms with Gasteiger partial charge in [0, 0.05) is 25.6 Å². The van der Waals surface area contributed by atoms with E-state index < -0.39 is 0 Å². The number of hydrogen-bond donors (Lipinski definition) is 1. The smallest absolute Gasteiger partial charge is 0.226 e. The minimum atomic E-state index is -0.00152. The van der Waals surface area contributed by atoms with Crippen LogP contribution in [-0.2, 0) is 16.0 Å². The van der Waals surface area contributed by atoms with Crippen LogP contribution >= 0.6 is 0 Å². The minimum Gasteiger partial charge on any atom is -0.494 e. The summed E-state index contributed by atoms with van der Waals surface area (Å²) in [5.41, 5.74) is 0.998. The molecule has 2 amide bonds. The van der Waals surface area contributed by atoms with Crippen LogP contribution in [0.5, 0.6) is 5.75 Å². The van der Waals surface area contributed by atoms with Gasteiger partial charge in [-0.05, 0) is 42.9 Å². The molecule has 0 unspecified atom stereocenters. The van der Waals surface area contributed by atoms with E-state index in [2.05, 4.69) is 26.1 Å². The van der Waals surface area contributed by atoms with Crippen molar-refractivity contribution in [1.82, 2.24) is 10.2 Å². The normalized spacial score (nSPS) is 15.6. The molecule has 0 spiro atoms. The van der Waals surface area contributed by atoms with Crippen molar-refractivity contribution >= 4 is 11.8 Å². The Morgan fingerprint density at radius 2 is 1.77 bits per heavy atom. The van der Waals surface area contributed by atoms with Crippen LogP contribution in [0.15, 0.2) is 24.3 Å². The maximum atomic E-state index is 12.5. The number of carbonyl (C=O) groups excluding carboxylic acids is 2. The number of hydrogen-bond acceptors (Lipinski definition) is 3. The van der Waals surface area contributed by atoms with Gasteiger partial charge in [-0.2, -0.15) is 0 Å². The number of benzene rings is 1. The highest BCUT2D eigenvalue weighted by molar-refractivity contribution is 5.79. The van der Waals surface area contributed by atoms with Crippen LogP contribution in [0.4, 0.5) is 0 Å². The molecule has 0 bridgehead atoms. The summed E-state index contributed by atoms with van der Waals surface area (Å²) >= 11 is 0. The number of piperidine rings is 1. The molecule has 1 aliphatic rings. The third-order valence-electron chi connectivity index (χ3n) is 4.49. The van der Waals surface area contributed by atoms with Crippen LogP contribution in [-0.4, -0.2) is 42.5 Å². The molecule has 0 saturated carbocycles. The molecule has 0 radical (unpaired) electrons. The maximum Gasteiger partial charge on any atom is 0.226 e. The lowest BCUT2D eigenvalue weighted by Crippen LogP contribution is -2.47. The molecule has 5 nitrogen and oxygen atoms in total. The summed E-state index contributed by atoms with van der Waals surface area (Å²) in [6.45, 7) is 10.2. The molecule has 0 aliphatic carbocycles. The van der Waals surface area contributed by atoms with E-state index in [1.165, 1.54) is 0 Å². The second-order valence-corrected chi connectivity index (χ2v) is 8.21. The Hall–Kier alpha value is -2.04. The summed E-state index contributed by atoms with van der Waals surface area (Å²) in [6.07, 6.45) is 2.59. The summed E-state index contributed by atoms with van der Waals surface area (Å²) in [5.74, 6) is 1.08. The molecule has 1 saturated heterocycles. The molecule has 1 aliphatic heterocycles. The minimum absolute atomic E-state index is 0.00152. The fourth-order valence-corrected chi connectivity index (χ4v) is 3.19. The van der Waals surface area contributed by atoms with Gasteiger partial charge in [-0.25, -0.2) is 0 Å². The first-order valence-electron chi connectivity index (χ1n) is 9.55. The molecule has 5 heteroatoms. The number of carbonyl (C=O) groups is 2. The lowest BCUT2D eigenvalue weighted by molar-refractivity contribution is -0.131. The Bertz CT molecular complexity index is 597. The Morgan fingerprint density at radius 1 is 1.15 bits per heavy atom. The van der Waals surface area contributed by atoms with Crippen LogP contribution in [0.2, 0.25) is 0 Å². The van der Waals surface area contributed by atoms with Gasteiger partial charge in [0.25, 0.3) is 0 Å². The van der Waals surface area contributed by atoms with E-state index in [-0.39, 0.29) is 23.3 Å². The monoisotopic (exact) mass is 360 g/mol. The predicted molar refractivity (Wildman–Crippen MR) is 103 cm³/mol. The molecule has 0 atom stereocenters. The first-order valence-corrected chi connectivity index (χ1v) is 9.55. The molecule has 26 heavy (non-hydrogen) atoms. The number of rotatable bonds is 6. The van der Waals surface area contributed by atoms with Gasteiger partial charge in [-0.3, -0.25) is 9.59 Å². The summed E-state index contributed by atoms with van der Waals surface area (Å²) in [6, 6.07) is 7.89. The highest BCUT2D eigenvalue weighted by Crippen LogP contribution is 2.19. The first-order chi connectivity index (χ1) is 12.3. The first kappa shape index (κ1) is 20.3. The molecule has 1 N–H and O–H groups in total. The summed E-state index contributed by atoms with van der Waals surface area (Å²) in [5, 5.41) is 3.11. The van der Waals surface area contributed by atoms with E-state index in [4.69, 9.17) is 4.74 Å². The Balaban J connectivity index is 1.76. The van der Waals surface area contributed by atoms with E-state index in [9.17, 15) is 9.59 Å². The topological polar surface area (TPSA) is 58.6 Å². The number of ether oxygens (including phenoxy) is 1. The van der Waals surface area contributed by atoms with Gasteiger partial charge in [0.05, 0.1) is 13.0 Å².